The Balaban J connectivity index is 1.86. The van der Waals surface area contributed by atoms with Crippen molar-refractivity contribution in [3.63, 3.8) is 0 Å². The van der Waals surface area contributed by atoms with Crippen molar-refractivity contribution >= 4 is 10.9 Å². The molecular weight excluding hydrogens is 320 g/mol. The van der Waals surface area contributed by atoms with Gasteiger partial charge in [-0.3, -0.25) is 4.79 Å². The minimum atomic E-state index is -0.0867. The van der Waals surface area contributed by atoms with Gasteiger partial charge in [0.25, 0.3) is 5.56 Å². The van der Waals surface area contributed by atoms with Crippen molar-refractivity contribution in [1.82, 2.24) is 9.97 Å². The summed E-state index contributed by atoms with van der Waals surface area (Å²) in [5.41, 5.74) is 4.22. The zero-order valence-electron chi connectivity index (χ0n) is 14.6. The van der Waals surface area contributed by atoms with E-state index in [4.69, 9.17) is 4.98 Å². The molecule has 0 aliphatic carbocycles. The van der Waals surface area contributed by atoms with E-state index in [9.17, 15) is 4.79 Å². The van der Waals surface area contributed by atoms with E-state index in [0.717, 1.165) is 17.5 Å². The highest BCUT2D eigenvalue weighted by molar-refractivity contribution is 5.77. The molecule has 1 unspecified atom stereocenters. The molecule has 1 heterocycles. The summed E-state index contributed by atoms with van der Waals surface area (Å²) in [4.78, 5) is 20.4. The van der Waals surface area contributed by atoms with E-state index < -0.39 is 0 Å². The topological polar surface area (TPSA) is 45.8 Å². The second-order valence-corrected chi connectivity index (χ2v) is 6.62. The molecule has 1 atom stereocenters. The molecule has 4 aromatic rings. The highest BCUT2D eigenvalue weighted by Crippen LogP contribution is 2.27. The first-order chi connectivity index (χ1) is 12.7. The van der Waals surface area contributed by atoms with Gasteiger partial charge in [0.1, 0.15) is 5.82 Å². The maximum Gasteiger partial charge on any atom is 0.258 e. The number of benzene rings is 3. The number of nitrogens with one attached hydrogen (secondary N) is 1. The van der Waals surface area contributed by atoms with Crippen LogP contribution in [0.15, 0.2) is 83.7 Å². The Bertz CT molecular complexity index is 1100. The standard InChI is InChI=1S/C23H20N2O/c1-16-8-7-11-18(14-16)20(15-17-9-3-2-4-10-17)22-24-21-13-6-5-12-19(21)23(26)25-22/h2-14,20H,15H2,1H3,(H,24,25,26). The highest BCUT2D eigenvalue weighted by Gasteiger charge is 2.19. The molecule has 3 heteroatoms. The summed E-state index contributed by atoms with van der Waals surface area (Å²) < 4.78 is 0. The van der Waals surface area contributed by atoms with Crippen LogP contribution < -0.4 is 5.56 Å². The summed E-state index contributed by atoms with van der Waals surface area (Å²) in [7, 11) is 0. The van der Waals surface area contributed by atoms with Gasteiger partial charge in [-0.2, -0.15) is 0 Å². The number of aryl methyl sites for hydroxylation is 1. The molecule has 0 amide bonds. The molecule has 26 heavy (non-hydrogen) atoms. The third-order valence-corrected chi connectivity index (χ3v) is 4.69. The highest BCUT2D eigenvalue weighted by atomic mass is 16.1. The van der Waals surface area contributed by atoms with Crippen LogP contribution in [0.2, 0.25) is 0 Å². The van der Waals surface area contributed by atoms with Gasteiger partial charge in [-0.15, -0.1) is 0 Å². The first-order valence-electron chi connectivity index (χ1n) is 8.80. The van der Waals surface area contributed by atoms with Gasteiger partial charge in [-0.05, 0) is 36.6 Å². The van der Waals surface area contributed by atoms with Crippen LogP contribution in [-0.4, -0.2) is 9.97 Å². The van der Waals surface area contributed by atoms with Crippen LogP contribution in [0.3, 0.4) is 0 Å². The van der Waals surface area contributed by atoms with E-state index in [1.807, 2.05) is 42.5 Å². The number of hydrogen-bond acceptors (Lipinski definition) is 2. The number of para-hydroxylation sites is 1. The predicted molar refractivity (Wildman–Crippen MR) is 106 cm³/mol. The third-order valence-electron chi connectivity index (χ3n) is 4.69. The first-order valence-corrected chi connectivity index (χ1v) is 8.80. The average molecular weight is 340 g/mol. The van der Waals surface area contributed by atoms with Crippen LogP contribution in [0.1, 0.15) is 28.4 Å². The van der Waals surface area contributed by atoms with Gasteiger partial charge >= 0.3 is 0 Å². The van der Waals surface area contributed by atoms with Gasteiger partial charge in [0, 0.05) is 5.92 Å². The summed E-state index contributed by atoms with van der Waals surface area (Å²) in [6.07, 6.45) is 0.783. The van der Waals surface area contributed by atoms with Gasteiger partial charge < -0.3 is 4.98 Å². The fraction of sp³-hybridized carbons (Fsp3) is 0.130. The van der Waals surface area contributed by atoms with E-state index in [2.05, 4.69) is 48.3 Å². The lowest BCUT2D eigenvalue weighted by atomic mass is 9.90. The Morgan fingerprint density at radius 2 is 1.69 bits per heavy atom. The second kappa shape index (κ2) is 6.96. The van der Waals surface area contributed by atoms with Gasteiger partial charge in [-0.25, -0.2) is 4.98 Å². The largest absolute Gasteiger partial charge is 0.309 e. The summed E-state index contributed by atoms with van der Waals surface area (Å²) in [6.45, 7) is 2.08. The molecule has 4 rings (SSSR count). The molecule has 0 aliphatic rings. The normalized spacial score (nSPS) is 12.2. The fourth-order valence-corrected chi connectivity index (χ4v) is 3.38. The van der Waals surface area contributed by atoms with Crippen molar-refractivity contribution in [1.29, 1.82) is 0 Å². The number of aromatic amines is 1. The van der Waals surface area contributed by atoms with Crippen molar-refractivity contribution < 1.29 is 0 Å². The van der Waals surface area contributed by atoms with Crippen molar-refractivity contribution in [2.24, 2.45) is 0 Å². The first kappa shape index (κ1) is 16.3. The van der Waals surface area contributed by atoms with Crippen LogP contribution >= 0.6 is 0 Å². The van der Waals surface area contributed by atoms with Gasteiger partial charge in [0.2, 0.25) is 0 Å². The number of hydrogen-bond donors (Lipinski definition) is 1. The quantitative estimate of drug-likeness (QED) is 0.590. The SMILES string of the molecule is Cc1cccc(C(Cc2ccccc2)c2nc3ccccc3c(=O)[nH]2)c1. The summed E-state index contributed by atoms with van der Waals surface area (Å²) in [6, 6.07) is 26.2. The smallest absolute Gasteiger partial charge is 0.258 e. The maximum absolute atomic E-state index is 12.6. The van der Waals surface area contributed by atoms with E-state index in [0.29, 0.717) is 11.2 Å². The number of fused-ring (bicyclic) bond motifs is 1. The van der Waals surface area contributed by atoms with Crippen molar-refractivity contribution in [3.05, 3.63) is 112 Å². The van der Waals surface area contributed by atoms with Crippen LogP contribution in [0.4, 0.5) is 0 Å². The lowest BCUT2D eigenvalue weighted by Crippen LogP contribution is -2.17. The van der Waals surface area contributed by atoms with E-state index in [1.54, 1.807) is 0 Å². The lowest BCUT2D eigenvalue weighted by molar-refractivity contribution is 0.738. The molecule has 0 bridgehead atoms. The minimum absolute atomic E-state index is 0.00499. The molecule has 0 spiro atoms. The van der Waals surface area contributed by atoms with Crippen molar-refractivity contribution in [2.45, 2.75) is 19.3 Å². The van der Waals surface area contributed by atoms with E-state index >= 15 is 0 Å². The summed E-state index contributed by atoms with van der Waals surface area (Å²) >= 11 is 0. The minimum Gasteiger partial charge on any atom is -0.309 e. The maximum atomic E-state index is 12.6. The number of rotatable bonds is 4. The number of aromatic nitrogens is 2. The van der Waals surface area contributed by atoms with Crippen molar-refractivity contribution in [2.75, 3.05) is 0 Å². The molecule has 3 nitrogen and oxygen atoms in total. The third kappa shape index (κ3) is 3.29. The molecule has 0 radical (unpaired) electrons. The van der Waals surface area contributed by atoms with E-state index in [-0.39, 0.29) is 11.5 Å². The Labute approximate surface area is 152 Å². The fourth-order valence-electron chi connectivity index (χ4n) is 3.38. The zero-order chi connectivity index (χ0) is 17.9. The van der Waals surface area contributed by atoms with Crippen molar-refractivity contribution in [3.8, 4) is 0 Å². The van der Waals surface area contributed by atoms with Crippen LogP contribution in [0, 0.1) is 6.92 Å². The molecular formula is C23H20N2O. The van der Waals surface area contributed by atoms with Gasteiger partial charge in [0.05, 0.1) is 10.9 Å². The number of H-pyrrole nitrogens is 1. The molecule has 0 saturated heterocycles. The molecule has 0 aliphatic heterocycles. The van der Waals surface area contributed by atoms with Crippen LogP contribution in [0.25, 0.3) is 10.9 Å². The monoisotopic (exact) mass is 340 g/mol. The molecule has 128 valence electrons. The average Bonchev–Trinajstić information content (AvgIpc) is 2.67. The molecule has 1 aromatic heterocycles. The van der Waals surface area contributed by atoms with Gasteiger partial charge in [-0.1, -0.05) is 72.3 Å². The Morgan fingerprint density at radius 3 is 2.50 bits per heavy atom. The molecule has 0 saturated carbocycles. The molecule has 3 aromatic carbocycles. The Hall–Kier alpha value is -3.20. The van der Waals surface area contributed by atoms with Crippen LogP contribution in [0.5, 0.6) is 0 Å². The molecule has 0 fully saturated rings. The summed E-state index contributed by atoms with van der Waals surface area (Å²) in [5, 5.41) is 0.624. The van der Waals surface area contributed by atoms with Crippen LogP contribution in [-0.2, 0) is 6.42 Å². The number of nitrogens with zero attached hydrogens (tertiary/aromatic N) is 1. The lowest BCUT2D eigenvalue weighted by Gasteiger charge is -2.18. The predicted octanol–water partition coefficient (Wildman–Crippen LogP) is 4.61. The summed E-state index contributed by atoms with van der Waals surface area (Å²) in [5.74, 6) is 0.706. The van der Waals surface area contributed by atoms with E-state index in [1.165, 1.54) is 11.1 Å². The Morgan fingerprint density at radius 1 is 0.923 bits per heavy atom. The Kier molecular flexibility index (Phi) is 4.36. The molecule has 1 N–H and O–H groups in total. The zero-order valence-corrected chi connectivity index (χ0v) is 14.6. The second-order valence-electron chi connectivity index (χ2n) is 6.62. The van der Waals surface area contributed by atoms with Gasteiger partial charge in [0.15, 0.2) is 0 Å².